The van der Waals surface area contributed by atoms with Gasteiger partial charge >= 0.3 is 0 Å². The summed E-state index contributed by atoms with van der Waals surface area (Å²) < 4.78 is 17.5. The zero-order chi connectivity index (χ0) is 41.9. The van der Waals surface area contributed by atoms with Gasteiger partial charge in [0.2, 0.25) is 5.95 Å². The molecule has 0 aliphatic carbocycles. The lowest BCUT2D eigenvalue weighted by atomic mass is 10.0. The number of para-hydroxylation sites is 6. The average Bonchev–Trinajstić information content (AvgIpc) is 4.11. The third-order valence-electron chi connectivity index (χ3n) is 13.0. The molecule has 0 unspecified atom stereocenters. The lowest BCUT2D eigenvalue weighted by Gasteiger charge is -2.14. The number of rotatable bonds is 5. The van der Waals surface area contributed by atoms with E-state index in [1.165, 1.54) is 0 Å². The Morgan fingerprint density at radius 1 is 0.312 bits per heavy atom. The molecule has 0 radical (unpaired) electrons. The van der Waals surface area contributed by atoms with Crippen LogP contribution in [-0.2, 0) is 0 Å². The van der Waals surface area contributed by atoms with Crippen molar-refractivity contribution in [2.75, 3.05) is 0 Å². The molecule has 0 aliphatic rings. The van der Waals surface area contributed by atoms with Crippen LogP contribution in [0, 0.1) is 0 Å². The van der Waals surface area contributed by atoms with E-state index in [0.717, 1.165) is 127 Å². The van der Waals surface area contributed by atoms with E-state index in [1.54, 1.807) is 0 Å². The Bertz CT molecular complexity index is 3960. The highest BCUT2D eigenvalue weighted by molar-refractivity contribution is 6.15. The molecular formula is C58H34N4O2. The molecule has 6 nitrogen and oxygen atoms in total. The number of nitrogens with zero attached hydrogens (tertiary/aromatic N) is 4. The Kier molecular flexibility index (Phi) is 7.30. The maximum absolute atomic E-state index is 6.51. The molecule has 5 heterocycles. The molecular weight excluding hydrogens is 785 g/mol. The molecule has 5 aromatic heterocycles. The van der Waals surface area contributed by atoms with Gasteiger partial charge in [-0.15, -0.1) is 0 Å². The smallest absolute Gasteiger partial charge is 0.237 e. The van der Waals surface area contributed by atoms with Crippen molar-refractivity contribution >= 4 is 87.5 Å². The highest BCUT2D eigenvalue weighted by Gasteiger charge is 2.22. The second-order valence-electron chi connectivity index (χ2n) is 16.5. The Morgan fingerprint density at radius 3 is 1.38 bits per heavy atom. The number of hydrogen-bond acceptors (Lipinski definition) is 4. The molecule has 64 heavy (non-hydrogen) atoms. The second kappa shape index (κ2) is 13.4. The van der Waals surface area contributed by atoms with Crippen molar-refractivity contribution in [1.29, 1.82) is 0 Å². The first kappa shape index (κ1) is 34.9. The van der Waals surface area contributed by atoms with E-state index in [4.69, 9.17) is 18.8 Å². The molecule has 0 atom stereocenters. The van der Waals surface area contributed by atoms with E-state index in [9.17, 15) is 0 Å². The standard InChI is InChI=1S/C58H34N4O2/c1-2-14-35(15-3-1)48-34-55(61-49-24-8-4-16-40(49)46-32-36(28-30-51(46)61)38-20-12-22-44-42-18-6-10-26-53(42)63-56(38)44)60-58(59-48)62-50-25-9-5-17-41(50)47-33-37(29-31-52(47)62)39-21-13-23-45-43-19-7-11-27-54(43)64-57(39)45/h1-34H. The summed E-state index contributed by atoms with van der Waals surface area (Å²) in [7, 11) is 0. The van der Waals surface area contributed by atoms with Crippen molar-refractivity contribution in [1.82, 2.24) is 19.1 Å². The molecule has 14 rings (SSSR count). The summed E-state index contributed by atoms with van der Waals surface area (Å²) in [6.07, 6.45) is 0. The molecule has 14 aromatic rings. The first-order valence-electron chi connectivity index (χ1n) is 21.6. The second-order valence-corrected chi connectivity index (χ2v) is 16.5. The summed E-state index contributed by atoms with van der Waals surface area (Å²) in [5.74, 6) is 1.37. The summed E-state index contributed by atoms with van der Waals surface area (Å²) in [6.45, 7) is 0. The van der Waals surface area contributed by atoms with Gasteiger partial charge in [-0.25, -0.2) is 4.98 Å². The third-order valence-corrected chi connectivity index (χ3v) is 13.0. The number of hydrogen-bond donors (Lipinski definition) is 0. The van der Waals surface area contributed by atoms with Crippen LogP contribution in [0.1, 0.15) is 0 Å². The average molecular weight is 819 g/mol. The zero-order valence-corrected chi connectivity index (χ0v) is 34.2. The van der Waals surface area contributed by atoms with Crippen LogP contribution in [0.2, 0.25) is 0 Å². The number of benzene rings is 9. The van der Waals surface area contributed by atoms with Crippen molar-refractivity contribution in [3.05, 3.63) is 206 Å². The van der Waals surface area contributed by atoms with Gasteiger partial charge < -0.3 is 8.83 Å². The van der Waals surface area contributed by atoms with Crippen molar-refractivity contribution in [3.8, 4) is 45.3 Å². The van der Waals surface area contributed by atoms with Crippen LogP contribution >= 0.6 is 0 Å². The Hall–Kier alpha value is -8.74. The van der Waals surface area contributed by atoms with Gasteiger partial charge in [0.05, 0.1) is 27.8 Å². The van der Waals surface area contributed by atoms with Gasteiger partial charge in [0.25, 0.3) is 0 Å². The molecule has 0 spiro atoms. The monoisotopic (exact) mass is 818 g/mol. The van der Waals surface area contributed by atoms with Crippen molar-refractivity contribution in [3.63, 3.8) is 0 Å². The van der Waals surface area contributed by atoms with Crippen molar-refractivity contribution < 1.29 is 8.83 Å². The molecule has 0 bridgehead atoms. The quantitative estimate of drug-likeness (QED) is 0.174. The largest absolute Gasteiger partial charge is 0.455 e. The lowest BCUT2D eigenvalue weighted by Crippen LogP contribution is -2.07. The number of fused-ring (bicyclic) bond motifs is 12. The van der Waals surface area contributed by atoms with Crippen LogP contribution in [-0.4, -0.2) is 19.1 Å². The molecule has 0 fully saturated rings. The van der Waals surface area contributed by atoms with E-state index in [0.29, 0.717) is 5.95 Å². The van der Waals surface area contributed by atoms with E-state index < -0.39 is 0 Å². The molecule has 0 saturated heterocycles. The summed E-state index contributed by atoms with van der Waals surface area (Å²) in [5.41, 5.74) is 13.9. The normalized spacial score (nSPS) is 12.1. The highest BCUT2D eigenvalue weighted by Crippen LogP contribution is 2.42. The van der Waals surface area contributed by atoms with Gasteiger partial charge in [0, 0.05) is 65.8 Å². The van der Waals surface area contributed by atoms with Gasteiger partial charge in [-0.3, -0.25) is 9.13 Å². The fourth-order valence-corrected chi connectivity index (χ4v) is 10.1. The number of furan rings is 2. The van der Waals surface area contributed by atoms with Crippen LogP contribution in [0.3, 0.4) is 0 Å². The van der Waals surface area contributed by atoms with Crippen LogP contribution in [0.4, 0.5) is 0 Å². The van der Waals surface area contributed by atoms with Crippen LogP contribution < -0.4 is 0 Å². The van der Waals surface area contributed by atoms with Gasteiger partial charge in [-0.2, -0.15) is 4.98 Å². The Labute approximate surface area is 365 Å². The van der Waals surface area contributed by atoms with E-state index in [1.807, 2.05) is 30.3 Å². The van der Waals surface area contributed by atoms with Crippen molar-refractivity contribution in [2.24, 2.45) is 0 Å². The summed E-state index contributed by atoms with van der Waals surface area (Å²) in [4.78, 5) is 10.9. The topological polar surface area (TPSA) is 61.9 Å². The predicted octanol–water partition coefficient (Wildman–Crippen LogP) is 15.5. The van der Waals surface area contributed by atoms with Gasteiger partial charge in [-0.1, -0.05) is 152 Å². The molecule has 0 aliphatic heterocycles. The molecule has 298 valence electrons. The van der Waals surface area contributed by atoms with E-state index >= 15 is 0 Å². The summed E-state index contributed by atoms with van der Waals surface area (Å²) in [5, 5.41) is 8.96. The van der Waals surface area contributed by atoms with E-state index in [-0.39, 0.29) is 0 Å². The fourth-order valence-electron chi connectivity index (χ4n) is 10.1. The summed E-state index contributed by atoms with van der Waals surface area (Å²) in [6, 6.07) is 72.4. The van der Waals surface area contributed by atoms with Crippen LogP contribution in [0.15, 0.2) is 215 Å². The van der Waals surface area contributed by atoms with E-state index in [2.05, 4.69) is 185 Å². The maximum atomic E-state index is 6.51. The maximum Gasteiger partial charge on any atom is 0.237 e. The summed E-state index contributed by atoms with van der Waals surface area (Å²) >= 11 is 0. The first-order chi connectivity index (χ1) is 31.7. The molecule has 6 heteroatoms. The molecule has 0 N–H and O–H groups in total. The molecule has 0 amide bonds. The zero-order valence-electron chi connectivity index (χ0n) is 34.2. The predicted molar refractivity (Wildman–Crippen MR) is 262 cm³/mol. The fraction of sp³-hybridized carbons (Fsp3) is 0. The minimum atomic E-state index is 0.591. The Morgan fingerprint density at radius 2 is 0.781 bits per heavy atom. The number of aromatic nitrogens is 4. The molecule has 0 saturated carbocycles. The first-order valence-corrected chi connectivity index (χ1v) is 21.6. The minimum Gasteiger partial charge on any atom is -0.455 e. The van der Waals surface area contributed by atoms with Crippen LogP contribution in [0.25, 0.3) is 133 Å². The lowest BCUT2D eigenvalue weighted by molar-refractivity contribution is 0.669. The van der Waals surface area contributed by atoms with Crippen molar-refractivity contribution in [2.45, 2.75) is 0 Å². The van der Waals surface area contributed by atoms with Crippen LogP contribution in [0.5, 0.6) is 0 Å². The Balaban J connectivity index is 0.989. The van der Waals surface area contributed by atoms with Gasteiger partial charge in [0.1, 0.15) is 28.1 Å². The van der Waals surface area contributed by atoms with Gasteiger partial charge in [0.15, 0.2) is 0 Å². The molecule has 9 aromatic carbocycles. The van der Waals surface area contributed by atoms with Gasteiger partial charge in [-0.05, 0) is 59.7 Å². The minimum absolute atomic E-state index is 0.591. The third kappa shape index (κ3) is 5.08. The SMILES string of the molecule is c1ccc(-c2cc(-n3c4ccccc4c4cc(-c5cccc6c5oc5ccccc56)ccc43)nc(-n3c4ccccc4c4cc(-c5cccc6c5oc5ccccc56)ccc43)n2)cc1. The highest BCUT2D eigenvalue weighted by atomic mass is 16.3.